The molecule has 1 unspecified atom stereocenters. The van der Waals surface area contributed by atoms with E-state index >= 15 is 0 Å². The van der Waals surface area contributed by atoms with Crippen molar-refractivity contribution in [1.82, 2.24) is 0 Å². The molecule has 116 valence electrons. The summed E-state index contributed by atoms with van der Waals surface area (Å²) < 4.78 is 5.70. The second-order valence-electron chi connectivity index (χ2n) is 5.34. The molecular formula is C18H22N2O2. The lowest BCUT2D eigenvalue weighted by Crippen LogP contribution is -2.13. The van der Waals surface area contributed by atoms with Gasteiger partial charge in [-0.1, -0.05) is 13.0 Å². The van der Waals surface area contributed by atoms with Crippen molar-refractivity contribution in [2.75, 3.05) is 11.1 Å². The summed E-state index contributed by atoms with van der Waals surface area (Å²) in [6.45, 7) is 5.97. The lowest BCUT2D eigenvalue weighted by molar-refractivity contribution is 0.102. The number of ether oxygens (including phenoxy) is 1. The van der Waals surface area contributed by atoms with E-state index in [0.29, 0.717) is 11.3 Å². The third kappa shape index (κ3) is 3.79. The van der Waals surface area contributed by atoms with Gasteiger partial charge in [0.1, 0.15) is 5.75 Å². The zero-order valence-corrected chi connectivity index (χ0v) is 13.2. The Hall–Kier alpha value is -2.49. The van der Waals surface area contributed by atoms with Gasteiger partial charge in [-0.05, 0) is 62.2 Å². The Kier molecular flexibility index (Phi) is 5.04. The van der Waals surface area contributed by atoms with Gasteiger partial charge < -0.3 is 15.8 Å². The van der Waals surface area contributed by atoms with Crippen LogP contribution in [0.5, 0.6) is 5.75 Å². The molecule has 0 radical (unpaired) electrons. The normalized spacial score (nSPS) is 11.8. The molecule has 0 fully saturated rings. The minimum atomic E-state index is -0.163. The first-order valence-electron chi connectivity index (χ1n) is 7.44. The summed E-state index contributed by atoms with van der Waals surface area (Å²) in [4.78, 5) is 12.3. The molecule has 2 aromatic rings. The number of nitrogens with two attached hydrogens (primary N) is 1. The first-order valence-corrected chi connectivity index (χ1v) is 7.44. The number of anilines is 2. The molecule has 0 aromatic heterocycles. The molecule has 4 nitrogen and oxygen atoms in total. The van der Waals surface area contributed by atoms with Gasteiger partial charge in [0.15, 0.2) is 0 Å². The number of carbonyl (C=O) groups excluding carboxylic acids is 1. The van der Waals surface area contributed by atoms with Gasteiger partial charge in [0.25, 0.3) is 5.91 Å². The lowest BCUT2D eigenvalue weighted by Gasteiger charge is -2.13. The number of hydrogen-bond donors (Lipinski definition) is 2. The van der Waals surface area contributed by atoms with Gasteiger partial charge in [-0.15, -0.1) is 0 Å². The Morgan fingerprint density at radius 1 is 1.23 bits per heavy atom. The fraction of sp³-hybridized carbons (Fsp3) is 0.278. The number of nitrogens with one attached hydrogen (secondary N) is 1. The van der Waals surface area contributed by atoms with Gasteiger partial charge in [-0.3, -0.25) is 4.79 Å². The molecule has 0 aliphatic carbocycles. The van der Waals surface area contributed by atoms with E-state index in [9.17, 15) is 4.79 Å². The number of rotatable bonds is 5. The predicted molar refractivity (Wildman–Crippen MR) is 90.4 cm³/mol. The van der Waals surface area contributed by atoms with Crippen molar-refractivity contribution in [1.29, 1.82) is 0 Å². The minimum absolute atomic E-state index is 0.162. The molecule has 0 bridgehead atoms. The summed E-state index contributed by atoms with van der Waals surface area (Å²) in [5.74, 6) is 0.606. The molecule has 4 heteroatoms. The van der Waals surface area contributed by atoms with Crippen LogP contribution in [0.2, 0.25) is 0 Å². The van der Waals surface area contributed by atoms with Gasteiger partial charge >= 0.3 is 0 Å². The van der Waals surface area contributed by atoms with Crippen molar-refractivity contribution < 1.29 is 9.53 Å². The van der Waals surface area contributed by atoms with Crippen LogP contribution in [0.15, 0.2) is 42.5 Å². The maximum absolute atomic E-state index is 12.3. The fourth-order valence-electron chi connectivity index (χ4n) is 1.98. The minimum Gasteiger partial charge on any atom is -0.491 e. The number of carbonyl (C=O) groups is 1. The van der Waals surface area contributed by atoms with E-state index in [-0.39, 0.29) is 12.0 Å². The smallest absolute Gasteiger partial charge is 0.255 e. The summed E-state index contributed by atoms with van der Waals surface area (Å²) in [5, 5.41) is 2.88. The fourth-order valence-corrected chi connectivity index (χ4v) is 1.98. The Balaban J connectivity index is 2.08. The van der Waals surface area contributed by atoms with Gasteiger partial charge in [0, 0.05) is 16.9 Å². The third-order valence-corrected chi connectivity index (χ3v) is 3.65. The summed E-state index contributed by atoms with van der Waals surface area (Å²) in [5.41, 5.74) is 8.69. The summed E-state index contributed by atoms with van der Waals surface area (Å²) in [6, 6.07) is 12.6. The van der Waals surface area contributed by atoms with Gasteiger partial charge in [0.2, 0.25) is 0 Å². The van der Waals surface area contributed by atoms with Crippen LogP contribution >= 0.6 is 0 Å². The second-order valence-corrected chi connectivity index (χ2v) is 5.34. The zero-order chi connectivity index (χ0) is 16.1. The van der Waals surface area contributed by atoms with Gasteiger partial charge in [0.05, 0.1) is 6.10 Å². The number of hydrogen-bond acceptors (Lipinski definition) is 3. The van der Waals surface area contributed by atoms with E-state index in [1.165, 1.54) is 0 Å². The highest BCUT2D eigenvalue weighted by atomic mass is 16.5. The number of nitrogen functional groups attached to an aromatic ring is 1. The van der Waals surface area contributed by atoms with Crippen molar-refractivity contribution in [2.45, 2.75) is 33.3 Å². The summed E-state index contributed by atoms with van der Waals surface area (Å²) in [6.07, 6.45) is 1.10. The third-order valence-electron chi connectivity index (χ3n) is 3.65. The number of amides is 1. The summed E-state index contributed by atoms with van der Waals surface area (Å²) >= 11 is 0. The van der Waals surface area contributed by atoms with E-state index in [1.807, 2.05) is 44.2 Å². The molecule has 0 heterocycles. The molecule has 3 N–H and O–H groups in total. The Morgan fingerprint density at radius 2 is 1.91 bits per heavy atom. The molecule has 2 aromatic carbocycles. The Morgan fingerprint density at radius 3 is 2.55 bits per heavy atom. The van der Waals surface area contributed by atoms with E-state index in [2.05, 4.69) is 12.2 Å². The highest BCUT2D eigenvalue weighted by Crippen LogP contribution is 2.22. The van der Waals surface area contributed by atoms with Crippen LogP contribution in [0.3, 0.4) is 0 Å². The molecular weight excluding hydrogens is 276 g/mol. The first-order chi connectivity index (χ1) is 10.5. The highest BCUT2D eigenvalue weighted by molar-refractivity contribution is 6.05. The van der Waals surface area contributed by atoms with E-state index < -0.39 is 0 Å². The maximum Gasteiger partial charge on any atom is 0.255 e. The summed E-state index contributed by atoms with van der Waals surface area (Å²) in [7, 11) is 0. The molecule has 0 aliphatic heterocycles. The van der Waals surface area contributed by atoms with Crippen LogP contribution in [0.1, 0.15) is 36.2 Å². The van der Waals surface area contributed by atoms with Crippen molar-refractivity contribution in [3.63, 3.8) is 0 Å². The topological polar surface area (TPSA) is 64.3 Å². The number of benzene rings is 2. The van der Waals surface area contributed by atoms with Crippen LogP contribution in [0, 0.1) is 6.92 Å². The van der Waals surface area contributed by atoms with Crippen LogP contribution in [0.25, 0.3) is 0 Å². The predicted octanol–water partition coefficient (Wildman–Crippen LogP) is 4.01. The van der Waals surface area contributed by atoms with Crippen molar-refractivity contribution in [3.05, 3.63) is 53.6 Å². The average Bonchev–Trinajstić information content (AvgIpc) is 2.52. The van der Waals surface area contributed by atoms with Gasteiger partial charge in [-0.25, -0.2) is 0 Å². The van der Waals surface area contributed by atoms with E-state index in [1.54, 1.807) is 12.1 Å². The van der Waals surface area contributed by atoms with Crippen molar-refractivity contribution >= 4 is 17.3 Å². The van der Waals surface area contributed by atoms with Crippen LogP contribution in [-0.2, 0) is 0 Å². The molecule has 0 saturated heterocycles. The van der Waals surface area contributed by atoms with E-state index in [4.69, 9.17) is 10.5 Å². The molecule has 22 heavy (non-hydrogen) atoms. The maximum atomic E-state index is 12.3. The van der Waals surface area contributed by atoms with Gasteiger partial charge in [-0.2, -0.15) is 0 Å². The molecule has 1 atom stereocenters. The standard InChI is InChI=1S/C18H22N2O2/c1-4-12(2)22-15-10-8-14(9-11-15)18(21)20-17-7-5-6-16(19)13(17)3/h5-12H,4,19H2,1-3H3,(H,20,21). The molecule has 1 amide bonds. The highest BCUT2D eigenvalue weighted by Gasteiger charge is 2.09. The quantitative estimate of drug-likeness (QED) is 0.820. The van der Waals surface area contributed by atoms with Crippen LogP contribution < -0.4 is 15.8 Å². The average molecular weight is 298 g/mol. The SMILES string of the molecule is CCC(C)Oc1ccc(C(=O)Nc2cccc(N)c2C)cc1. The Bertz CT molecular complexity index is 651. The molecule has 0 saturated carbocycles. The van der Waals surface area contributed by atoms with Crippen LogP contribution in [0.4, 0.5) is 11.4 Å². The Labute approximate surface area is 131 Å². The molecule has 2 rings (SSSR count). The first kappa shape index (κ1) is 15.9. The zero-order valence-electron chi connectivity index (χ0n) is 13.2. The van der Waals surface area contributed by atoms with Crippen molar-refractivity contribution in [2.24, 2.45) is 0 Å². The second kappa shape index (κ2) is 6.98. The largest absolute Gasteiger partial charge is 0.491 e. The lowest BCUT2D eigenvalue weighted by atomic mass is 10.1. The molecule has 0 aliphatic rings. The van der Waals surface area contributed by atoms with Crippen LogP contribution in [-0.4, -0.2) is 12.0 Å². The van der Waals surface area contributed by atoms with Crippen molar-refractivity contribution in [3.8, 4) is 5.75 Å². The molecule has 0 spiro atoms. The van der Waals surface area contributed by atoms with E-state index in [0.717, 1.165) is 23.4 Å². The monoisotopic (exact) mass is 298 g/mol.